The zero-order chi connectivity index (χ0) is 6.28. The second-order valence-electron chi connectivity index (χ2n) is 1.16. The molecule has 0 spiro atoms. The van der Waals surface area contributed by atoms with Crippen molar-refractivity contribution >= 4 is 0 Å². The van der Waals surface area contributed by atoms with Crippen molar-refractivity contribution in [1.29, 1.82) is 0 Å². The first-order chi connectivity index (χ1) is 3.27. The molecule has 0 aromatic heterocycles. The van der Waals surface area contributed by atoms with Crippen LogP contribution in [0.5, 0.6) is 0 Å². The van der Waals surface area contributed by atoms with E-state index in [1.54, 1.807) is 6.92 Å². The zero-order valence-electron chi connectivity index (χ0n) is 4.46. The van der Waals surface area contributed by atoms with Gasteiger partial charge in [-0.15, -0.1) is 0 Å². The van der Waals surface area contributed by atoms with Crippen molar-refractivity contribution in [1.82, 2.24) is 0 Å². The maximum Gasteiger partial charge on any atom is 0.0579 e. The molecule has 0 aliphatic carbocycles. The van der Waals surface area contributed by atoms with Gasteiger partial charge in [-0.3, -0.25) is 11.7 Å². The minimum atomic E-state index is -0.0602. The molecule has 0 rings (SSSR count). The Bertz CT molecular complexity index is 24.1. The highest BCUT2D eigenvalue weighted by molar-refractivity contribution is 4.43. The molecule has 1 unspecified atom stereocenters. The fraction of sp³-hybridized carbons (Fsp3) is 1.00. The van der Waals surface area contributed by atoms with Gasteiger partial charge in [0.25, 0.3) is 0 Å². The summed E-state index contributed by atoms with van der Waals surface area (Å²) >= 11 is 0. The third-order valence-corrected chi connectivity index (χ3v) is 0.288. The molecule has 0 saturated heterocycles. The summed E-state index contributed by atoms with van der Waals surface area (Å²) in [6.45, 7) is 1.83. The highest BCUT2D eigenvalue weighted by atomic mass is 16.3. The normalized spacial score (nSPS) is 11.6. The van der Waals surface area contributed by atoms with Crippen molar-refractivity contribution in [2.45, 2.75) is 13.0 Å². The van der Waals surface area contributed by atoms with E-state index in [1.807, 2.05) is 0 Å². The van der Waals surface area contributed by atoms with E-state index in [-0.39, 0.29) is 12.6 Å². The van der Waals surface area contributed by atoms with Crippen LogP contribution in [0.2, 0.25) is 0 Å². The van der Waals surface area contributed by atoms with Crippen LogP contribution in [0.25, 0.3) is 0 Å². The SMILES string of the molecule is CC(N)CO.NN. The van der Waals surface area contributed by atoms with E-state index < -0.39 is 0 Å². The number of hydrogen-bond donors (Lipinski definition) is 4. The average Bonchev–Trinajstić information content (AvgIpc) is 1.73. The summed E-state index contributed by atoms with van der Waals surface area (Å²) in [5.41, 5.74) is 5.04. The molecule has 4 heteroatoms. The van der Waals surface area contributed by atoms with Gasteiger partial charge in [0.05, 0.1) is 6.61 Å². The van der Waals surface area contributed by atoms with Crippen LogP contribution in [0.4, 0.5) is 0 Å². The second kappa shape index (κ2) is 9.28. The van der Waals surface area contributed by atoms with Crippen LogP contribution in [-0.4, -0.2) is 17.8 Å². The van der Waals surface area contributed by atoms with Crippen molar-refractivity contribution < 1.29 is 5.11 Å². The van der Waals surface area contributed by atoms with E-state index in [0.717, 1.165) is 0 Å². The lowest BCUT2D eigenvalue weighted by Gasteiger charge is -1.91. The Morgan fingerprint density at radius 3 is 1.71 bits per heavy atom. The Balaban J connectivity index is 0. The lowest BCUT2D eigenvalue weighted by atomic mass is 10.4. The third kappa shape index (κ3) is 25.4. The first kappa shape index (κ1) is 9.96. The minimum Gasteiger partial charge on any atom is -0.395 e. The Morgan fingerprint density at radius 1 is 1.57 bits per heavy atom. The molecule has 0 aromatic carbocycles. The maximum absolute atomic E-state index is 8.02. The number of hydrazine groups is 1. The van der Waals surface area contributed by atoms with Crippen molar-refractivity contribution in [3.05, 3.63) is 0 Å². The van der Waals surface area contributed by atoms with Crippen LogP contribution < -0.4 is 17.4 Å². The summed E-state index contributed by atoms with van der Waals surface area (Å²) in [5.74, 6) is 8.00. The number of nitrogens with two attached hydrogens (primary N) is 3. The summed E-state index contributed by atoms with van der Waals surface area (Å²) in [6, 6.07) is -0.0602. The summed E-state index contributed by atoms with van der Waals surface area (Å²) < 4.78 is 0. The maximum atomic E-state index is 8.02. The van der Waals surface area contributed by atoms with Gasteiger partial charge in [0.1, 0.15) is 0 Å². The largest absolute Gasteiger partial charge is 0.395 e. The van der Waals surface area contributed by atoms with Crippen LogP contribution in [0.3, 0.4) is 0 Å². The van der Waals surface area contributed by atoms with Crippen LogP contribution in [0.1, 0.15) is 6.92 Å². The van der Waals surface area contributed by atoms with Crippen molar-refractivity contribution in [3.8, 4) is 0 Å². The van der Waals surface area contributed by atoms with E-state index in [0.29, 0.717) is 0 Å². The van der Waals surface area contributed by atoms with Crippen molar-refractivity contribution in [2.24, 2.45) is 17.4 Å². The molecular formula is C3H13N3O. The predicted octanol–water partition coefficient (Wildman–Crippen LogP) is -1.86. The van der Waals surface area contributed by atoms with Crippen LogP contribution >= 0.6 is 0 Å². The molecule has 0 saturated carbocycles. The van der Waals surface area contributed by atoms with Gasteiger partial charge < -0.3 is 10.8 Å². The van der Waals surface area contributed by atoms with E-state index in [1.165, 1.54) is 0 Å². The zero-order valence-corrected chi connectivity index (χ0v) is 4.46. The minimum absolute atomic E-state index is 0.0602. The Morgan fingerprint density at radius 2 is 1.71 bits per heavy atom. The molecule has 7 N–H and O–H groups in total. The van der Waals surface area contributed by atoms with Crippen LogP contribution in [0.15, 0.2) is 0 Å². The van der Waals surface area contributed by atoms with Crippen molar-refractivity contribution in [3.63, 3.8) is 0 Å². The molecule has 0 aliphatic rings. The topological polar surface area (TPSA) is 98.3 Å². The molecule has 1 atom stereocenters. The Labute approximate surface area is 43.3 Å². The number of rotatable bonds is 1. The monoisotopic (exact) mass is 107 g/mol. The average molecular weight is 107 g/mol. The molecule has 7 heavy (non-hydrogen) atoms. The van der Waals surface area contributed by atoms with E-state index in [9.17, 15) is 0 Å². The standard InChI is InChI=1S/C3H9NO.H4N2/c1-3(4)2-5;1-2/h3,5H,2,4H2,1H3;1-2H2. The smallest absolute Gasteiger partial charge is 0.0579 e. The lowest BCUT2D eigenvalue weighted by molar-refractivity contribution is 0.273. The summed E-state index contributed by atoms with van der Waals surface area (Å²) in [5, 5.41) is 8.02. The van der Waals surface area contributed by atoms with Gasteiger partial charge >= 0.3 is 0 Å². The van der Waals surface area contributed by atoms with Gasteiger partial charge in [-0.1, -0.05) is 0 Å². The first-order valence-electron chi connectivity index (χ1n) is 1.97. The highest BCUT2D eigenvalue weighted by Gasteiger charge is 1.81. The summed E-state index contributed by atoms with van der Waals surface area (Å²) in [6.07, 6.45) is 0. The predicted molar refractivity (Wildman–Crippen MR) is 29.1 cm³/mol. The van der Waals surface area contributed by atoms with Crippen molar-refractivity contribution in [2.75, 3.05) is 6.61 Å². The van der Waals surface area contributed by atoms with Gasteiger partial charge in [-0.05, 0) is 6.92 Å². The van der Waals surface area contributed by atoms with E-state index in [4.69, 9.17) is 10.8 Å². The molecule has 0 aliphatic heterocycles. The third-order valence-electron chi connectivity index (χ3n) is 0.288. The van der Waals surface area contributed by atoms with Crippen LogP contribution in [0, 0.1) is 0 Å². The van der Waals surface area contributed by atoms with E-state index in [2.05, 4.69) is 11.7 Å². The molecule has 0 bridgehead atoms. The second-order valence-corrected chi connectivity index (χ2v) is 1.16. The number of hydrogen-bond acceptors (Lipinski definition) is 4. The summed E-state index contributed by atoms with van der Waals surface area (Å²) in [4.78, 5) is 0. The van der Waals surface area contributed by atoms with Gasteiger partial charge in [0.15, 0.2) is 0 Å². The molecule has 46 valence electrons. The highest BCUT2D eigenvalue weighted by Crippen LogP contribution is 1.62. The molecule has 0 amide bonds. The van der Waals surface area contributed by atoms with Gasteiger partial charge in [-0.2, -0.15) is 0 Å². The fourth-order valence-corrected chi connectivity index (χ4v) is 0. The molecule has 0 heterocycles. The fourth-order valence-electron chi connectivity index (χ4n) is 0. The van der Waals surface area contributed by atoms with E-state index >= 15 is 0 Å². The Kier molecular flexibility index (Phi) is 13.2. The Hall–Kier alpha value is -0.160. The van der Waals surface area contributed by atoms with Gasteiger partial charge in [0.2, 0.25) is 0 Å². The molecule has 4 nitrogen and oxygen atoms in total. The molecule has 0 radical (unpaired) electrons. The molecular weight excluding hydrogens is 94.1 g/mol. The van der Waals surface area contributed by atoms with Gasteiger partial charge in [0, 0.05) is 6.04 Å². The summed E-state index contributed by atoms with van der Waals surface area (Å²) in [7, 11) is 0. The number of aliphatic hydroxyl groups is 1. The molecule has 0 aromatic rings. The van der Waals surface area contributed by atoms with Gasteiger partial charge in [-0.25, -0.2) is 0 Å². The first-order valence-corrected chi connectivity index (χ1v) is 1.97. The lowest BCUT2D eigenvalue weighted by Crippen LogP contribution is -2.18. The molecule has 0 fully saturated rings. The quantitative estimate of drug-likeness (QED) is 0.233. The number of aliphatic hydroxyl groups excluding tert-OH is 1. The van der Waals surface area contributed by atoms with Crippen LogP contribution in [-0.2, 0) is 0 Å².